The van der Waals surface area contributed by atoms with Crippen LogP contribution in [0, 0.1) is 23.1 Å². The van der Waals surface area contributed by atoms with Crippen LogP contribution >= 0.6 is 0 Å². The maximum atomic E-state index is 13.9. The number of benzene rings is 1. The molecule has 0 N–H and O–H groups in total. The van der Waals surface area contributed by atoms with E-state index < -0.39 is 0 Å². The lowest BCUT2D eigenvalue weighted by Gasteiger charge is -2.39. The number of nitriles is 1. The Morgan fingerprint density at radius 2 is 2.18 bits per heavy atom. The van der Waals surface area contributed by atoms with Crippen molar-refractivity contribution in [1.82, 2.24) is 0 Å². The zero-order valence-electron chi connectivity index (χ0n) is 10.3. The Kier molecular flexibility index (Phi) is 3.33. The molecule has 0 bridgehead atoms. The summed E-state index contributed by atoms with van der Waals surface area (Å²) in [4.78, 5) is 2.12. The highest BCUT2D eigenvalue weighted by Crippen LogP contribution is 2.30. The fraction of sp³-hybridized carbons (Fsp3) is 0.500. The summed E-state index contributed by atoms with van der Waals surface area (Å²) < 4.78 is 13.9. The first-order valence-corrected chi connectivity index (χ1v) is 6.09. The Labute approximate surface area is 102 Å². The van der Waals surface area contributed by atoms with Gasteiger partial charge >= 0.3 is 0 Å². The van der Waals surface area contributed by atoms with Gasteiger partial charge in [0.25, 0.3) is 0 Å². The van der Waals surface area contributed by atoms with Gasteiger partial charge in [0.1, 0.15) is 5.82 Å². The maximum Gasteiger partial charge on any atom is 0.147 e. The molecule has 0 aromatic heterocycles. The van der Waals surface area contributed by atoms with Crippen LogP contribution in [0.5, 0.6) is 0 Å². The molecule has 0 spiro atoms. The summed E-state index contributed by atoms with van der Waals surface area (Å²) in [7, 11) is 0. The molecule has 0 amide bonds. The molecule has 1 aliphatic rings. The highest BCUT2D eigenvalue weighted by atomic mass is 19.1. The van der Waals surface area contributed by atoms with E-state index in [-0.39, 0.29) is 5.82 Å². The summed E-state index contributed by atoms with van der Waals surface area (Å²) in [6.07, 6.45) is 2.31. The van der Waals surface area contributed by atoms with E-state index in [0.29, 0.717) is 23.2 Å². The fourth-order valence-electron chi connectivity index (χ4n) is 2.48. The predicted octanol–water partition coefficient (Wildman–Crippen LogP) is 3.32. The third-order valence-electron chi connectivity index (χ3n) is 3.76. The molecule has 0 radical (unpaired) electrons. The first-order valence-electron chi connectivity index (χ1n) is 6.09. The van der Waals surface area contributed by atoms with E-state index in [9.17, 15) is 4.39 Å². The number of anilines is 1. The number of nitrogens with zero attached hydrogens (tertiary/aromatic N) is 2. The Morgan fingerprint density at radius 3 is 2.82 bits per heavy atom. The molecular weight excluding hydrogens is 215 g/mol. The Morgan fingerprint density at radius 1 is 1.41 bits per heavy atom. The largest absolute Gasteiger partial charge is 0.366 e. The normalized spacial score (nSPS) is 24.5. The number of hydrogen-bond acceptors (Lipinski definition) is 2. The standard InChI is InChI=1S/C14H17FN2/c1-10-4-3-7-17(11(10)2)14-6-5-12(9-16)8-13(14)15/h5-6,8,10-11H,3-4,7H2,1-2H3. The molecule has 0 aliphatic carbocycles. The molecule has 1 aromatic rings. The molecule has 2 unspecified atom stereocenters. The van der Waals surface area contributed by atoms with Crippen molar-refractivity contribution >= 4 is 5.69 Å². The second kappa shape index (κ2) is 4.75. The molecule has 90 valence electrons. The minimum atomic E-state index is -0.287. The van der Waals surface area contributed by atoms with Crippen molar-refractivity contribution in [3.63, 3.8) is 0 Å². The highest BCUT2D eigenvalue weighted by Gasteiger charge is 2.26. The molecule has 0 saturated carbocycles. The predicted molar refractivity (Wildman–Crippen MR) is 66.3 cm³/mol. The zero-order chi connectivity index (χ0) is 12.4. The molecule has 1 heterocycles. The van der Waals surface area contributed by atoms with Gasteiger partial charge in [-0.2, -0.15) is 5.26 Å². The third-order valence-corrected chi connectivity index (χ3v) is 3.76. The van der Waals surface area contributed by atoms with Crippen LogP contribution in [0.15, 0.2) is 18.2 Å². The average Bonchev–Trinajstić information content (AvgIpc) is 2.33. The summed E-state index contributed by atoms with van der Waals surface area (Å²) in [5.41, 5.74) is 1.01. The van der Waals surface area contributed by atoms with E-state index in [1.807, 2.05) is 6.07 Å². The monoisotopic (exact) mass is 232 g/mol. The summed E-state index contributed by atoms with van der Waals surface area (Å²) in [6, 6.07) is 7.04. The van der Waals surface area contributed by atoms with Crippen molar-refractivity contribution < 1.29 is 4.39 Å². The molecular formula is C14H17FN2. The van der Waals surface area contributed by atoms with Crippen LogP contribution in [0.25, 0.3) is 0 Å². The van der Waals surface area contributed by atoms with Crippen molar-refractivity contribution in [3.8, 4) is 6.07 Å². The number of halogens is 1. The van der Waals surface area contributed by atoms with Crippen LogP contribution in [0.4, 0.5) is 10.1 Å². The number of hydrogen-bond donors (Lipinski definition) is 0. The number of piperidine rings is 1. The smallest absolute Gasteiger partial charge is 0.147 e. The van der Waals surface area contributed by atoms with Gasteiger partial charge in [0, 0.05) is 12.6 Å². The molecule has 2 nitrogen and oxygen atoms in total. The van der Waals surface area contributed by atoms with Crippen molar-refractivity contribution in [2.45, 2.75) is 32.7 Å². The maximum absolute atomic E-state index is 13.9. The molecule has 1 fully saturated rings. The zero-order valence-corrected chi connectivity index (χ0v) is 10.3. The first kappa shape index (κ1) is 11.9. The third kappa shape index (κ3) is 2.26. The second-order valence-electron chi connectivity index (χ2n) is 4.83. The van der Waals surface area contributed by atoms with E-state index in [4.69, 9.17) is 5.26 Å². The summed E-state index contributed by atoms with van der Waals surface area (Å²) in [6.45, 7) is 5.24. The van der Waals surface area contributed by atoms with Crippen LogP contribution in [0.3, 0.4) is 0 Å². The van der Waals surface area contributed by atoms with Gasteiger partial charge in [-0.25, -0.2) is 4.39 Å². The average molecular weight is 232 g/mol. The molecule has 17 heavy (non-hydrogen) atoms. The minimum Gasteiger partial charge on any atom is -0.366 e. The molecule has 2 atom stereocenters. The van der Waals surface area contributed by atoms with Crippen LogP contribution in [0.1, 0.15) is 32.3 Å². The summed E-state index contributed by atoms with van der Waals surface area (Å²) >= 11 is 0. The lowest BCUT2D eigenvalue weighted by atomic mass is 9.91. The van der Waals surface area contributed by atoms with Gasteiger partial charge in [0.05, 0.1) is 17.3 Å². The van der Waals surface area contributed by atoms with Gasteiger partial charge in [-0.1, -0.05) is 6.92 Å². The SMILES string of the molecule is CC1CCCN(c2ccc(C#N)cc2F)C1C. The van der Waals surface area contributed by atoms with Crippen LogP contribution in [-0.4, -0.2) is 12.6 Å². The van der Waals surface area contributed by atoms with Gasteiger partial charge < -0.3 is 4.90 Å². The van der Waals surface area contributed by atoms with Crippen molar-refractivity contribution in [2.75, 3.05) is 11.4 Å². The van der Waals surface area contributed by atoms with E-state index in [1.54, 1.807) is 12.1 Å². The van der Waals surface area contributed by atoms with Crippen LogP contribution in [-0.2, 0) is 0 Å². The van der Waals surface area contributed by atoms with Crippen molar-refractivity contribution in [1.29, 1.82) is 5.26 Å². The second-order valence-corrected chi connectivity index (χ2v) is 4.83. The van der Waals surface area contributed by atoms with E-state index in [2.05, 4.69) is 18.7 Å². The van der Waals surface area contributed by atoms with Crippen molar-refractivity contribution in [3.05, 3.63) is 29.6 Å². The quantitative estimate of drug-likeness (QED) is 0.742. The summed E-state index contributed by atoms with van der Waals surface area (Å²) in [5, 5.41) is 8.73. The molecule has 1 aliphatic heterocycles. The van der Waals surface area contributed by atoms with Gasteiger partial charge in [0.2, 0.25) is 0 Å². The molecule has 1 saturated heterocycles. The lowest BCUT2D eigenvalue weighted by molar-refractivity contribution is 0.360. The Balaban J connectivity index is 2.31. The molecule has 3 heteroatoms. The van der Waals surface area contributed by atoms with Crippen molar-refractivity contribution in [2.24, 2.45) is 5.92 Å². The highest BCUT2D eigenvalue weighted by molar-refractivity contribution is 5.52. The molecule has 1 aromatic carbocycles. The van der Waals surface area contributed by atoms with Gasteiger partial charge in [-0.15, -0.1) is 0 Å². The van der Waals surface area contributed by atoms with E-state index in [1.165, 1.54) is 12.5 Å². The first-order chi connectivity index (χ1) is 8.13. The fourth-order valence-corrected chi connectivity index (χ4v) is 2.48. The van der Waals surface area contributed by atoms with E-state index in [0.717, 1.165) is 13.0 Å². The van der Waals surface area contributed by atoms with Crippen LogP contribution in [0.2, 0.25) is 0 Å². The van der Waals surface area contributed by atoms with Gasteiger partial charge in [0.15, 0.2) is 0 Å². The Hall–Kier alpha value is -1.56. The van der Waals surface area contributed by atoms with Crippen LogP contribution < -0.4 is 4.90 Å². The molecule has 2 rings (SSSR count). The Bertz CT molecular complexity index is 450. The van der Waals surface area contributed by atoms with Gasteiger partial charge in [-0.05, 0) is 43.9 Å². The lowest BCUT2D eigenvalue weighted by Crippen LogP contribution is -2.42. The topological polar surface area (TPSA) is 27.0 Å². The summed E-state index contributed by atoms with van der Waals surface area (Å²) in [5.74, 6) is 0.295. The minimum absolute atomic E-state index is 0.287. The van der Waals surface area contributed by atoms with E-state index >= 15 is 0 Å². The number of rotatable bonds is 1. The van der Waals surface area contributed by atoms with Gasteiger partial charge in [-0.3, -0.25) is 0 Å².